The summed E-state index contributed by atoms with van der Waals surface area (Å²) in [6.07, 6.45) is 2.39. The van der Waals surface area contributed by atoms with E-state index in [4.69, 9.17) is 0 Å². The van der Waals surface area contributed by atoms with Gasteiger partial charge in [-0.1, -0.05) is 26.0 Å². The van der Waals surface area contributed by atoms with Crippen LogP contribution in [0.1, 0.15) is 37.0 Å². The van der Waals surface area contributed by atoms with Crippen molar-refractivity contribution < 1.29 is 18.1 Å². The van der Waals surface area contributed by atoms with E-state index in [0.29, 0.717) is 30.7 Å². The molecule has 7 heteroatoms. The first kappa shape index (κ1) is 18.4. The van der Waals surface area contributed by atoms with Crippen molar-refractivity contribution in [1.82, 2.24) is 4.31 Å². The van der Waals surface area contributed by atoms with Gasteiger partial charge < -0.3 is 4.90 Å². The lowest BCUT2D eigenvalue weighted by Gasteiger charge is -2.23. The molecule has 2 aliphatic heterocycles. The number of sulfonamides is 1. The maximum atomic E-state index is 13.1. The van der Waals surface area contributed by atoms with Crippen LogP contribution in [0.5, 0.6) is 0 Å². The van der Waals surface area contributed by atoms with E-state index < -0.39 is 10.0 Å². The largest absolute Gasteiger partial charge is 0.317 e. The number of carbonyl (C=O) groups excluding carboxylic acids is 1. The van der Waals surface area contributed by atoms with E-state index in [0.717, 1.165) is 24.2 Å². The summed E-state index contributed by atoms with van der Waals surface area (Å²) in [5, 5.41) is 1.42. The predicted octanol–water partition coefficient (Wildman–Crippen LogP) is 1.47. The zero-order chi connectivity index (χ0) is 19.2. The molecule has 27 heavy (non-hydrogen) atoms. The van der Waals surface area contributed by atoms with E-state index in [9.17, 15) is 13.2 Å². The molecule has 0 atom stereocenters. The fraction of sp³-hybridized carbons (Fsp3) is 0.450. The first-order chi connectivity index (χ1) is 13.0. The Morgan fingerprint density at radius 1 is 1.07 bits per heavy atom. The van der Waals surface area contributed by atoms with Crippen LogP contribution in [0.4, 0.5) is 5.69 Å². The Balaban J connectivity index is 1.84. The first-order valence-electron chi connectivity index (χ1n) is 9.70. The molecule has 0 aromatic heterocycles. The number of quaternary nitrogens is 1. The normalized spacial score (nSPS) is 17.6. The van der Waals surface area contributed by atoms with Gasteiger partial charge in [0.25, 0.3) is 5.91 Å². The minimum absolute atomic E-state index is 0.0209. The first-order valence-corrected chi connectivity index (χ1v) is 11.1. The molecular weight excluding hydrogens is 362 g/mol. The monoisotopic (exact) mass is 388 g/mol. The number of nitrogens with one attached hydrogen (secondary N) is 1. The molecule has 0 spiro atoms. The second-order valence-corrected chi connectivity index (χ2v) is 9.16. The molecule has 1 fully saturated rings. The summed E-state index contributed by atoms with van der Waals surface area (Å²) < 4.78 is 27.7. The van der Waals surface area contributed by atoms with Crippen molar-refractivity contribution in [2.45, 2.75) is 31.6 Å². The molecule has 0 aliphatic carbocycles. The smallest absolute Gasteiger partial charge is 0.263 e. The minimum atomic E-state index is -3.59. The lowest BCUT2D eigenvalue weighted by Crippen LogP contribution is -3.11. The maximum absolute atomic E-state index is 13.1. The number of benzene rings is 2. The van der Waals surface area contributed by atoms with Crippen molar-refractivity contribution in [2.75, 3.05) is 37.7 Å². The third kappa shape index (κ3) is 2.85. The summed E-state index contributed by atoms with van der Waals surface area (Å²) in [5.74, 6) is -0.0209. The van der Waals surface area contributed by atoms with Crippen molar-refractivity contribution >= 4 is 32.4 Å². The molecule has 2 aromatic rings. The van der Waals surface area contributed by atoms with Crippen LogP contribution in [0.25, 0.3) is 10.8 Å². The molecule has 6 nitrogen and oxygen atoms in total. The zero-order valence-corrected chi connectivity index (χ0v) is 16.7. The second-order valence-electron chi connectivity index (χ2n) is 7.25. The van der Waals surface area contributed by atoms with Crippen molar-refractivity contribution in [3.8, 4) is 0 Å². The van der Waals surface area contributed by atoms with Crippen LogP contribution in [-0.2, 0) is 10.0 Å². The lowest BCUT2D eigenvalue weighted by atomic mass is 10.1. The van der Waals surface area contributed by atoms with Gasteiger partial charge in [-0.05, 0) is 18.2 Å². The summed E-state index contributed by atoms with van der Waals surface area (Å²) >= 11 is 0. The molecular formula is C20H26N3O3S+. The summed E-state index contributed by atoms with van der Waals surface area (Å²) in [4.78, 5) is 16.5. The summed E-state index contributed by atoms with van der Waals surface area (Å²) in [6.45, 7) is 7.33. The average Bonchev–Trinajstić information content (AvgIpc) is 3.26. The van der Waals surface area contributed by atoms with Crippen molar-refractivity contribution in [3.63, 3.8) is 0 Å². The quantitative estimate of drug-likeness (QED) is 0.815. The molecule has 4 rings (SSSR count). The van der Waals surface area contributed by atoms with E-state index in [1.807, 2.05) is 30.9 Å². The van der Waals surface area contributed by atoms with E-state index >= 15 is 0 Å². The Morgan fingerprint density at radius 3 is 2.44 bits per heavy atom. The standard InChI is InChI=1S/C20H25N3O3S/c1-3-22(4-2)27(25,26)18-11-10-17-19-15(18)8-7-9-16(19)20(24)23(17)14-21-12-5-6-13-21/h7-11H,3-6,12-14H2,1-2H3/p+1. The SMILES string of the molecule is CCN(CC)S(=O)(=O)c1ccc2c3c(cccc13)C(=O)N2C[NH+]1CCCC1. The fourth-order valence-corrected chi connectivity index (χ4v) is 6.01. The Bertz CT molecular complexity index is 993. The number of hydrogen-bond acceptors (Lipinski definition) is 3. The molecule has 0 bridgehead atoms. The number of amides is 1. The van der Waals surface area contributed by atoms with Gasteiger partial charge in [-0.25, -0.2) is 8.42 Å². The van der Waals surface area contributed by atoms with Gasteiger partial charge in [-0.15, -0.1) is 0 Å². The van der Waals surface area contributed by atoms with E-state index in [2.05, 4.69) is 0 Å². The van der Waals surface area contributed by atoms with Crippen LogP contribution in [-0.4, -0.2) is 51.5 Å². The van der Waals surface area contributed by atoms with Gasteiger partial charge in [-0.3, -0.25) is 9.69 Å². The van der Waals surface area contributed by atoms with Crippen molar-refractivity contribution in [1.29, 1.82) is 0 Å². The summed E-state index contributed by atoms with van der Waals surface area (Å²) in [7, 11) is -3.59. The average molecular weight is 389 g/mol. The summed E-state index contributed by atoms with van der Waals surface area (Å²) in [6, 6.07) is 8.88. The van der Waals surface area contributed by atoms with Gasteiger partial charge in [0.15, 0.2) is 6.67 Å². The second kappa shape index (κ2) is 6.89. The molecule has 1 N–H and O–H groups in total. The summed E-state index contributed by atoms with van der Waals surface area (Å²) in [5.41, 5.74) is 1.45. The third-order valence-corrected chi connectivity index (χ3v) is 7.87. The number of anilines is 1. The Morgan fingerprint density at radius 2 is 1.78 bits per heavy atom. The van der Waals surface area contributed by atoms with Crippen LogP contribution in [0.15, 0.2) is 35.2 Å². The van der Waals surface area contributed by atoms with Gasteiger partial charge in [-0.2, -0.15) is 4.31 Å². The van der Waals surface area contributed by atoms with E-state index in [-0.39, 0.29) is 10.8 Å². The topological polar surface area (TPSA) is 62.1 Å². The van der Waals surface area contributed by atoms with Crippen molar-refractivity contribution in [2.24, 2.45) is 0 Å². The zero-order valence-electron chi connectivity index (χ0n) is 15.9. The van der Waals surface area contributed by atoms with E-state index in [1.54, 1.807) is 18.2 Å². The van der Waals surface area contributed by atoms with Crippen LogP contribution in [0.2, 0.25) is 0 Å². The van der Waals surface area contributed by atoms with Gasteiger partial charge in [0.05, 0.1) is 29.2 Å². The number of likely N-dealkylation sites (tertiary alicyclic amines) is 1. The van der Waals surface area contributed by atoms with Gasteiger partial charge in [0, 0.05) is 36.7 Å². The molecule has 2 aromatic carbocycles. The highest BCUT2D eigenvalue weighted by Crippen LogP contribution is 2.40. The van der Waals surface area contributed by atoms with Crippen LogP contribution in [0, 0.1) is 0 Å². The molecule has 0 radical (unpaired) electrons. The number of carbonyl (C=O) groups is 1. The van der Waals surface area contributed by atoms with Crippen LogP contribution >= 0.6 is 0 Å². The molecule has 1 saturated heterocycles. The highest BCUT2D eigenvalue weighted by atomic mass is 32.2. The highest BCUT2D eigenvalue weighted by Gasteiger charge is 2.35. The predicted molar refractivity (Wildman–Crippen MR) is 106 cm³/mol. The van der Waals surface area contributed by atoms with Gasteiger partial charge in [0.2, 0.25) is 10.0 Å². The molecule has 0 saturated carbocycles. The molecule has 1 amide bonds. The maximum Gasteiger partial charge on any atom is 0.263 e. The molecule has 144 valence electrons. The lowest BCUT2D eigenvalue weighted by molar-refractivity contribution is -0.885. The Kier molecular flexibility index (Phi) is 4.70. The van der Waals surface area contributed by atoms with Gasteiger partial charge >= 0.3 is 0 Å². The number of hydrogen-bond donors (Lipinski definition) is 1. The Hall–Kier alpha value is -1.96. The van der Waals surface area contributed by atoms with Crippen LogP contribution < -0.4 is 9.80 Å². The molecule has 2 heterocycles. The third-order valence-electron chi connectivity index (χ3n) is 5.76. The van der Waals surface area contributed by atoms with Crippen molar-refractivity contribution in [3.05, 3.63) is 35.9 Å². The number of rotatable bonds is 6. The molecule has 0 unspecified atom stereocenters. The molecule has 2 aliphatic rings. The fourth-order valence-electron chi connectivity index (χ4n) is 4.36. The van der Waals surface area contributed by atoms with E-state index in [1.165, 1.54) is 22.0 Å². The van der Waals surface area contributed by atoms with Gasteiger partial charge in [0.1, 0.15) is 0 Å². The highest BCUT2D eigenvalue weighted by molar-refractivity contribution is 7.89. The number of nitrogens with zero attached hydrogens (tertiary/aromatic N) is 2. The minimum Gasteiger partial charge on any atom is -0.317 e. The Labute approximate surface area is 160 Å². The van der Waals surface area contributed by atoms with Crippen LogP contribution in [0.3, 0.4) is 0 Å².